The molecule has 0 saturated heterocycles. The van der Waals surface area contributed by atoms with E-state index in [0.29, 0.717) is 16.7 Å². The maximum absolute atomic E-state index is 12.8. The van der Waals surface area contributed by atoms with Gasteiger partial charge in [0, 0.05) is 0 Å². The van der Waals surface area contributed by atoms with E-state index in [2.05, 4.69) is 13.8 Å². The second-order valence-corrected chi connectivity index (χ2v) is 13.1. The van der Waals surface area contributed by atoms with E-state index in [9.17, 15) is 8.42 Å². The zero-order valence-electron chi connectivity index (χ0n) is 18.9. The van der Waals surface area contributed by atoms with Crippen molar-refractivity contribution in [1.29, 1.82) is 0 Å². The van der Waals surface area contributed by atoms with Crippen LogP contribution < -0.4 is 0 Å². The Morgan fingerprint density at radius 3 is 2.43 bits per heavy atom. The number of hydrogen-bond donors (Lipinski definition) is 0. The Morgan fingerprint density at radius 2 is 1.67 bits per heavy atom. The summed E-state index contributed by atoms with van der Waals surface area (Å²) in [6.45, 7) is 7.07. The van der Waals surface area contributed by atoms with E-state index in [1.165, 1.54) is 44.9 Å². The summed E-state index contributed by atoms with van der Waals surface area (Å²) in [5.41, 5.74) is 2.04. The van der Waals surface area contributed by atoms with E-state index < -0.39 is 10.1 Å². The average Bonchev–Trinajstić information content (AvgIpc) is 3.10. The molecule has 0 aliphatic heterocycles. The molecule has 0 aromatic heterocycles. The second kappa shape index (κ2) is 7.33. The fourth-order valence-electron chi connectivity index (χ4n) is 8.24. The van der Waals surface area contributed by atoms with Crippen molar-refractivity contribution in [3.63, 3.8) is 0 Å². The first kappa shape index (κ1) is 21.0. The predicted molar refractivity (Wildman–Crippen MR) is 120 cm³/mol. The summed E-state index contributed by atoms with van der Waals surface area (Å²) in [6.07, 6.45) is 12.5. The van der Waals surface area contributed by atoms with Crippen LogP contribution in [0.15, 0.2) is 29.2 Å². The highest BCUT2D eigenvalue weighted by Crippen LogP contribution is 2.66. The smallest absolute Gasteiger partial charge is 0.263 e. The molecule has 0 heterocycles. The molecule has 30 heavy (non-hydrogen) atoms. The lowest BCUT2D eigenvalue weighted by molar-refractivity contribution is -0.117. The van der Waals surface area contributed by atoms with Crippen LogP contribution in [0.5, 0.6) is 0 Å². The van der Waals surface area contributed by atoms with Crippen LogP contribution >= 0.6 is 0 Å². The standard InChI is InChI=1S/C26H38O3S/c1-18-6-9-21(10-7-18)30(27,28)29-20-12-16-26(3)19(17-20)8-11-22-23-5-4-14-25(23,2)15-13-24(22)26/h6-7,9-10,19-20,22-24H,4-5,8,11-17H2,1-3H3/t19-,20-,22+,23-,24+,25-,26-/m1/s1. The Bertz CT molecular complexity index is 891. The van der Waals surface area contributed by atoms with Gasteiger partial charge < -0.3 is 0 Å². The molecule has 166 valence electrons. The Kier molecular flexibility index (Phi) is 5.13. The van der Waals surface area contributed by atoms with Crippen molar-refractivity contribution >= 4 is 10.1 Å². The Morgan fingerprint density at radius 1 is 0.900 bits per heavy atom. The fourth-order valence-corrected chi connectivity index (χ4v) is 9.35. The van der Waals surface area contributed by atoms with Gasteiger partial charge in [0.05, 0.1) is 11.0 Å². The number of fused-ring (bicyclic) bond motifs is 5. The van der Waals surface area contributed by atoms with Crippen molar-refractivity contribution in [1.82, 2.24) is 0 Å². The van der Waals surface area contributed by atoms with E-state index in [1.54, 1.807) is 12.1 Å². The van der Waals surface area contributed by atoms with Crippen LogP contribution in [0.3, 0.4) is 0 Å². The van der Waals surface area contributed by atoms with Crippen molar-refractivity contribution in [2.24, 2.45) is 34.5 Å². The first-order valence-corrected chi connectivity index (χ1v) is 13.6. The summed E-state index contributed by atoms with van der Waals surface area (Å²) in [5, 5.41) is 0. The zero-order chi connectivity index (χ0) is 21.1. The number of benzene rings is 1. The molecule has 4 saturated carbocycles. The maximum Gasteiger partial charge on any atom is 0.297 e. The minimum absolute atomic E-state index is 0.161. The Balaban J connectivity index is 1.30. The molecule has 0 N–H and O–H groups in total. The van der Waals surface area contributed by atoms with Crippen molar-refractivity contribution in [3.05, 3.63) is 29.8 Å². The van der Waals surface area contributed by atoms with Crippen LogP contribution in [0.2, 0.25) is 0 Å². The van der Waals surface area contributed by atoms with Gasteiger partial charge in [0.25, 0.3) is 10.1 Å². The monoisotopic (exact) mass is 430 g/mol. The van der Waals surface area contributed by atoms with Gasteiger partial charge in [-0.1, -0.05) is 38.0 Å². The largest absolute Gasteiger partial charge is 0.297 e. The SMILES string of the molecule is Cc1ccc(S(=O)(=O)O[C@@H]2CC[C@]3(C)[C@H](CC[C@H]4[C@H]5CCC[C@]5(C)CC[C@@H]43)C2)cc1. The second-order valence-electron chi connectivity index (χ2n) is 11.5. The third kappa shape index (κ3) is 3.37. The molecule has 4 aliphatic carbocycles. The molecule has 5 rings (SSSR count). The Hall–Kier alpha value is -0.870. The molecule has 4 heteroatoms. The molecule has 0 amide bonds. The van der Waals surface area contributed by atoms with Crippen LogP contribution in [-0.4, -0.2) is 14.5 Å². The summed E-state index contributed by atoms with van der Waals surface area (Å²) in [6, 6.07) is 7.03. The van der Waals surface area contributed by atoms with E-state index in [1.807, 2.05) is 19.1 Å². The van der Waals surface area contributed by atoms with Crippen molar-refractivity contribution in [2.75, 3.05) is 0 Å². The number of hydrogen-bond acceptors (Lipinski definition) is 3. The molecular formula is C26H38O3S. The minimum atomic E-state index is -3.68. The normalized spacial score (nSPS) is 43.5. The molecule has 4 aliphatic rings. The average molecular weight is 431 g/mol. The van der Waals surface area contributed by atoms with Crippen LogP contribution in [0, 0.1) is 41.4 Å². The maximum atomic E-state index is 12.8. The lowest BCUT2D eigenvalue weighted by Gasteiger charge is -2.60. The van der Waals surface area contributed by atoms with Crippen LogP contribution in [0.25, 0.3) is 0 Å². The predicted octanol–water partition coefficient (Wildman–Crippen LogP) is 6.50. The van der Waals surface area contributed by atoms with Crippen LogP contribution in [0.1, 0.15) is 83.6 Å². The zero-order valence-corrected chi connectivity index (χ0v) is 19.7. The molecule has 4 fully saturated rings. The molecule has 0 unspecified atom stereocenters. The molecule has 1 aromatic rings. The van der Waals surface area contributed by atoms with Gasteiger partial charge in [-0.3, -0.25) is 4.18 Å². The molecule has 7 atom stereocenters. The third-order valence-corrected chi connectivity index (χ3v) is 11.3. The lowest BCUT2D eigenvalue weighted by atomic mass is 9.45. The topological polar surface area (TPSA) is 43.4 Å². The van der Waals surface area contributed by atoms with Gasteiger partial charge in [-0.05, 0) is 111 Å². The highest BCUT2D eigenvalue weighted by atomic mass is 32.2. The van der Waals surface area contributed by atoms with Crippen LogP contribution in [0.4, 0.5) is 0 Å². The third-order valence-electron chi connectivity index (χ3n) is 9.97. The molecule has 1 aromatic carbocycles. The quantitative estimate of drug-likeness (QED) is 0.514. The molecular weight excluding hydrogens is 392 g/mol. The first-order chi connectivity index (χ1) is 14.2. The van der Waals surface area contributed by atoms with E-state index in [-0.39, 0.29) is 11.0 Å². The van der Waals surface area contributed by atoms with Crippen molar-refractivity contribution < 1.29 is 12.6 Å². The highest BCUT2D eigenvalue weighted by Gasteiger charge is 2.58. The summed E-state index contributed by atoms with van der Waals surface area (Å²) >= 11 is 0. The van der Waals surface area contributed by atoms with Crippen LogP contribution in [-0.2, 0) is 14.3 Å². The van der Waals surface area contributed by atoms with E-state index in [0.717, 1.165) is 42.6 Å². The summed E-state index contributed by atoms with van der Waals surface area (Å²) in [5.74, 6) is 3.28. The molecule has 0 radical (unpaired) electrons. The van der Waals surface area contributed by atoms with Gasteiger partial charge in [0.2, 0.25) is 0 Å². The van der Waals surface area contributed by atoms with E-state index in [4.69, 9.17) is 4.18 Å². The number of aryl methyl sites for hydroxylation is 1. The van der Waals surface area contributed by atoms with Gasteiger partial charge in [0.15, 0.2) is 0 Å². The first-order valence-electron chi connectivity index (χ1n) is 12.2. The van der Waals surface area contributed by atoms with Gasteiger partial charge in [-0.15, -0.1) is 0 Å². The summed E-state index contributed by atoms with van der Waals surface area (Å²) in [4.78, 5) is 0.290. The van der Waals surface area contributed by atoms with E-state index >= 15 is 0 Å². The molecule has 3 nitrogen and oxygen atoms in total. The molecule has 0 spiro atoms. The lowest BCUT2D eigenvalue weighted by Crippen LogP contribution is -2.53. The highest BCUT2D eigenvalue weighted by molar-refractivity contribution is 7.86. The Labute approximate surface area is 183 Å². The molecule has 0 bridgehead atoms. The van der Waals surface area contributed by atoms with Gasteiger partial charge in [-0.25, -0.2) is 0 Å². The van der Waals surface area contributed by atoms with Gasteiger partial charge in [0.1, 0.15) is 0 Å². The number of rotatable bonds is 3. The van der Waals surface area contributed by atoms with Gasteiger partial charge in [-0.2, -0.15) is 8.42 Å². The van der Waals surface area contributed by atoms with Gasteiger partial charge >= 0.3 is 0 Å². The summed E-state index contributed by atoms with van der Waals surface area (Å²) in [7, 11) is -3.68. The summed E-state index contributed by atoms with van der Waals surface area (Å²) < 4.78 is 31.4. The van der Waals surface area contributed by atoms with Crippen molar-refractivity contribution in [2.45, 2.75) is 96.0 Å². The van der Waals surface area contributed by atoms with Crippen molar-refractivity contribution in [3.8, 4) is 0 Å². The fraction of sp³-hybridized carbons (Fsp3) is 0.769. The minimum Gasteiger partial charge on any atom is -0.263 e.